The zero-order valence-corrected chi connectivity index (χ0v) is 15.2. The largest absolute Gasteiger partial charge is 0.326 e. The average molecular weight is 399 g/mol. The first-order valence-corrected chi connectivity index (χ1v) is 8.40. The molecule has 0 radical (unpaired) electrons. The van der Waals surface area contributed by atoms with Crippen LogP contribution >= 0.6 is 34.8 Å². The molecular formula is C17H14Cl3N3O2. The number of nitrogens with one attached hydrogen (secondary N) is 2. The lowest BCUT2D eigenvalue weighted by molar-refractivity contribution is -0.124. The van der Waals surface area contributed by atoms with Gasteiger partial charge in [0.25, 0.3) is 0 Å². The Kier molecular flexibility index (Phi) is 7.25. The second-order valence-corrected chi connectivity index (χ2v) is 6.28. The van der Waals surface area contributed by atoms with Crippen molar-refractivity contribution in [2.24, 2.45) is 5.10 Å². The Morgan fingerprint density at radius 1 is 0.960 bits per heavy atom. The highest BCUT2D eigenvalue weighted by Crippen LogP contribution is 2.21. The van der Waals surface area contributed by atoms with Crippen molar-refractivity contribution in [1.82, 2.24) is 5.43 Å². The number of hydrogen-bond donors (Lipinski definition) is 2. The number of benzene rings is 2. The Labute approximate surface area is 160 Å². The highest BCUT2D eigenvalue weighted by molar-refractivity contribution is 6.42. The maximum Gasteiger partial charge on any atom is 0.240 e. The van der Waals surface area contributed by atoms with Gasteiger partial charge in [-0.05, 0) is 35.9 Å². The van der Waals surface area contributed by atoms with Crippen LogP contribution in [0.2, 0.25) is 15.1 Å². The minimum Gasteiger partial charge on any atom is -0.326 e. The van der Waals surface area contributed by atoms with Crippen molar-refractivity contribution in [3.8, 4) is 0 Å². The van der Waals surface area contributed by atoms with Gasteiger partial charge in [0.05, 0.1) is 16.3 Å². The Morgan fingerprint density at radius 2 is 1.72 bits per heavy atom. The van der Waals surface area contributed by atoms with Crippen molar-refractivity contribution in [2.75, 3.05) is 5.32 Å². The van der Waals surface area contributed by atoms with Gasteiger partial charge in [-0.3, -0.25) is 9.59 Å². The molecule has 2 rings (SSSR count). The molecule has 2 N–H and O–H groups in total. The zero-order valence-electron chi connectivity index (χ0n) is 12.9. The number of hydrazone groups is 1. The number of anilines is 1. The van der Waals surface area contributed by atoms with Gasteiger partial charge >= 0.3 is 0 Å². The maximum atomic E-state index is 11.8. The van der Waals surface area contributed by atoms with Gasteiger partial charge in [0, 0.05) is 23.6 Å². The van der Waals surface area contributed by atoms with Gasteiger partial charge in [0.2, 0.25) is 11.8 Å². The van der Waals surface area contributed by atoms with E-state index in [0.717, 1.165) is 0 Å². The van der Waals surface area contributed by atoms with Crippen molar-refractivity contribution < 1.29 is 9.59 Å². The third-order valence-electron chi connectivity index (χ3n) is 3.03. The molecule has 0 aliphatic heterocycles. The lowest BCUT2D eigenvalue weighted by Crippen LogP contribution is -2.20. The van der Waals surface area contributed by atoms with E-state index in [0.29, 0.717) is 26.3 Å². The van der Waals surface area contributed by atoms with Crippen LogP contribution in [0.15, 0.2) is 47.6 Å². The Bertz CT molecular complexity index is 809. The summed E-state index contributed by atoms with van der Waals surface area (Å²) in [5.41, 5.74) is 3.61. The van der Waals surface area contributed by atoms with Crippen LogP contribution in [0.4, 0.5) is 5.69 Å². The van der Waals surface area contributed by atoms with E-state index < -0.39 is 0 Å². The van der Waals surface area contributed by atoms with Crippen LogP contribution in [0, 0.1) is 0 Å². The third kappa shape index (κ3) is 6.74. The summed E-state index contributed by atoms with van der Waals surface area (Å²) in [6.45, 7) is 0. The van der Waals surface area contributed by atoms with Crippen LogP contribution < -0.4 is 10.7 Å². The molecule has 8 heteroatoms. The fraction of sp³-hybridized carbons (Fsp3) is 0.118. The zero-order chi connectivity index (χ0) is 18.2. The minimum absolute atomic E-state index is 0.00507. The molecule has 0 fully saturated rings. The van der Waals surface area contributed by atoms with E-state index in [9.17, 15) is 9.59 Å². The van der Waals surface area contributed by atoms with E-state index in [1.165, 1.54) is 6.21 Å². The molecule has 0 unspecified atom stereocenters. The highest BCUT2D eigenvalue weighted by Gasteiger charge is 2.07. The predicted octanol–water partition coefficient (Wildman–Crippen LogP) is 4.52. The van der Waals surface area contributed by atoms with E-state index in [-0.39, 0.29) is 24.7 Å². The lowest BCUT2D eigenvalue weighted by atomic mass is 10.2. The van der Waals surface area contributed by atoms with Crippen molar-refractivity contribution in [1.29, 1.82) is 0 Å². The molecule has 0 aliphatic rings. The molecule has 0 aromatic heterocycles. The molecule has 0 saturated heterocycles. The number of amides is 2. The topological polar surface area (TPSA) is 70.6 Å². The molecular weight excluding hydrogens is 385 g/mol. The van der Waals surface area contributed by atoms with Gasteiger partial charge < -0.3 is 5.32 Å². The van der Waals surface area contributed by atoms with Gasteiger partial charge in [-0.25, -0.2) is 5.43 Å². The first-order valence-electron chi connectivity index (χ1n) is 7.26. The Hall–Kier alpha value is -2.08. The summed E-state index contributed by atoms with van der Waals surface area (Å²) in [4.78, 5) is 23.5. The van der Waals surface area contributed by atoms with E-state index in [2.05, 4.69) is 15.8 Å². The first kappa shape index (κ1) is 19.2. The standard InChI is InChI=1S/C17H14Cl3N3O2/c18-12-2-1-3-13(9-12)22-16(24)6-7-17(25)23-21-10-11-4-5-14(19)15(20)8-11/h1-5,8-10H,6-7H2,(H,22,24)(H,23,25)/b21-10+. The quantitative estimate of drug-likeness (QED) is 0.555. The van der Waals surface area contributed by atoms with E-state index in [4.69, 9.17) is 34.8 Å². The normalized spacial score (nSPS) is 10.7. The van der Waals surface area contributed by atoms with E-state index >= 15 is 0 Å². The summed E-state index contributed by atoms with van der Waals surface area (Å²) in [5.74, 6) is -0.663. The summed E-state index contributed by atoms with van der Waals surface area (Å²) < 4.78 is 0. The molecule has 0 bridgehead atoms. The smallest absolute Gasteiger partial charge is 0.240 e. The van der Waals surface area contributed by atoms with Crippen molar-refractivity contribution >= 4 is 58.5 Å². The van der Waals surface area contributed by atoms with Crippen LogP contribution in [0.25, 0.3) is 0 Å². The van der Waals surface area contributed by atoms with Crippen molar-refractivity contribution in [3.05, 3.63) is 63.1 Å². The number of carbonyl (C=O) groups is 2. The number of rotatable bonds is 6. The minimum atomic E-state index is -0.377. The molecule has 2 amide bonds. The number of carbonyl (C=O) groups excluding carboxylic acids is 2. The summed E-state index contributed by atoms with van der Waals surface area (Å²) in [7, 11) is 0. The molecule has 130 valence electrons. The average Bonchev–Trinajstić information content (AvgIpc) is 2.56. The molecule has 25 heavy (non-hydrogen) atoms. The summed E-state index contributed by atoms with van der Waals surface area (Å²) in [6, 6.07) is 11.7. The van der Waals surface area contributed by atoms with Crippen LogP contribution in [0.3, 0.4) is 0 Å². The summed E-state index contributed by atoms with van der Waals surface area (Å²) in [5, 5.41) is 7.83. The maximum absolute atomic E-state index is 11.8. The van der Waals surface area contributed by atoms with E-state index in [1.54, 1.807) is 42.5 Å². The second-order valence-electron chi connectivity index (χ2n) is 5.03. The Balaban J connectivity index is 1.75. The summed E-state index contributed by atoms with van der Waals surface area (Å²) in [6.07, 6.45) is 1.47. The fourth-order valence-electron chi connectivity index (χ4n) is 1.84. The monoisotopic (exact) mass is 397 g/mol. The second kappa shape index (κ2) is 9.42. The summed E-state index contributed by atoms with van der Waals surface area (Å²) >= 11 is 17.5. The fourth-order valence-corrected chi connectivity index (χ4v) is 2.34. The Morgan fingerprint density at radius 3 is 2.44 bits per heavy atom. The molecule has 0 atom stereocenters. The number of halogens is 3. The van der Waals surface area contributed by atoms with Crippen LogP contribution in [-0.4, -0.2) is 18.0 Å². The van der Waals surface area contributed by atoms with Crippen LogP contribution in [0.5, 0.6) is 0 Å². The molecule has 2 aromatic carbocycles. The molecule has 5 nitrogen and oxygen atoms in total. The van der Waals surface area contributed by atoms with Crippen molar-refractivity contribution in [3.63, 3.8) is 0 Å². The third-order valence-corrected chi connectivity index (χ3v) is 4.01. The van der Waals surface area contributed by atoms with Crippen molar-refractivity contribution in [2.45, 2.75) is 12.8 Å². The van der Waals surface area contributed by atoms with Crippen LogP contribution in [-0.2, 0) is 9.59 Å². The molecule has 0 heterocycles. The molecule has 0 aliphatic carbocycles. The van der Waals surface area contributed by atoms with E-state index in [1.807, 2.05) is 0 Å². The van der Waals surface area contributed by atoms with Gasteiger partial charge in [-0.2, -0.15) is 5.10 Å². The first-order chi connectivity index (χ1) is 11.9. The van der Waals surface area contributed by atoms with Gasteiger partial charge in [0.1, 0.15) is 0 Å². The van der Waals surface area contributed by atoms with Gasteiger partial charge in [0.15, 0.2) is 0 Å². The van der Waals surface area contributed by atoms with Gasteiger partial charge in [-0.1, -0.05) is 46.9 Å². The number of nitrogens with zero attached hydrogens (tertiary/aromatic N) is 1. The highest BCUT2D eigenvalue weighted by atomic mass is 35.5. The predicted molar refractivity (Wildman–Crippen MR) is 102 cm³/mol. The SMILES string of the molecule is O=C(CCC(=O)Nc1cccc(Cl)c1)N/N=C/c1ccc(Cl)c(Cl)c1. The molecule has 0 saturated carbocycles. The molecule has 0 spiro atoms. The number of hydrogen-bond acceptors (Lipinski definition) is 3. The van der Waals surface area contributed by atoms with Crippen LogP contribution in [0.1, 0.15) is 18.4 Å². The molecule has 2 aromatic rings. The van der Waals surface area contributed by atoms with Gasteiger partial charge in [-0.15, -0.1) is 0 Å². The lowest BCUT2D eigenvalue weighted by Gasteiger charge is -2.05.